The van der Waals surface area contributed by atoms with Gasteiger partial charge in [0.15, 0.2) is 0 Å². The van der Waals surface area contributed by atoms with Crippen molar-refractivity contribution in [1.82, 2.24) is 9.62 Å². The van der Waals surface area contributed by atoms with Gasteiger partial charge in [0, 0.05) is 37.2 Å². The molecule has 19 heavy (non-hydrogen) atoms. The van der Waals surface area contributed by atoms with Gasteiger partial charge in [-0.15, -0.1) is 0 Å². The van der Waals surface area contributed by atoms with Crippen LogP contribution in [-0.2, 0) is 14.8 Å². The number of nitrogens with one attached hydrogen (secondary N) is 1. The number of anilines is 1. The smallest absolute Gasteiger partial charge is 0.241 e. The summed E-state index contributed by atoms with van der Waals surface area (Å²) < 4.78 is 26.8. The largest absolute Gasteiger partial charge is 0.399 e. The van der Waals surface area contributed by atoms with Crippen LogP contribution in [0.5, 0.6) is 0 Å². The minimum atomic E-state index is -3.65. The van der Waals surface area contributed by atoms with E-state index < -0.39 is 10.0 Å². The second-order valence-electron chi connectivity index (χ2n) is 4.13. The number of nitrogens with two attached hydrogens (primary N) is 1. The molecule has 0 fully saturated rings. The lowest BCUT2D eigenvalue weighted by Crippen LogP contribution is -2.30. The van der Waals surface area contributed by atoms with Crippen LogP contribution >= 0.6 is 15.9 Å². The van der Waals surface area contributed by atoms with Crippen LogP contribution in [0.1, 0.15) is 6.42 Å². The van der Waals surface area contributed by atoms with Gasteiger partial charge in [0.1, 0.15) is 0 Å². The summed E-state index contributed by atoms with van der Waals surface area (Å²) in [6.07, 6.45) is 0.110. The molecule has 3 N–H and O–H groups in total. The van der Waals surface area contributed by atoms with Gasteiger partial charge in [0.2, 0.25) is 15.9 Å². The minimum absolute atomic E-state index is 0.0517. The summed E-state index contributed by atoms with van der Waals surface area (Å²) in [5.74, 6) is -0.140. The highest BCUT2D eigenvalue weighted by atomic mass is 79.9. The first-order valence-electron chi connectivity index (χ1n) is 5.49. The van der Waals surface area contributed by atoms with Gasteiger partial charge in [-0.1, -0.05) is 0 Å². The Bertz CT molecular complexity index is 573. The molecule has 6 nitrogen and oxygen atoms in total. The molecule has 0 aliphatic carbocycles. The van der Waals surface area contributed by atoms with E-state index in [1.807, 2.05) is 0 Å². The topological polar surface area (TPSA) is 92.5 Å². The average molecular weight is 350 g/mol. The van der Waals surface area contributed by atoms with E-state index in [-0.39, 0.29) is 23.8 Å². The molecule has 1 aromatic carbocycles. The third kappa shape index (κ3) is 4.48. The molecule has 0 aromatic heterocycles. The predicted octanol–water partition coefficient (Wildman–Crippen LogP) is 0.788. The number of amides is 1. The van der Waals surface area contributed by atoms with Gasteiger partial charge in [0.05, 0.1) is 4.90 Å². The summed E-state index contributed by atoms with van der Waals surface area (Å²) in [5, 5.41) is 0. The third-order valence-electron chi connectivity index (χ3n) is 2.38. The zero-order valence-electron chi connectivity index (χ0n) is 10.7. The maximum Gasteiger partial charge on any atom is 0.241 e. The lowest BCUT2D eigenvalue weighted by atomic mass is 10.3. The maximum atomic E-state index is 12.0. The Balaban J connectivity index is 2.74. The fourth-order valence-corrected chi connectivity index (χ4v) is 3.45. The number of nitrogens with zero attached hydrogens (tertiary/aromatic N) is 1. The normalized spacial score (nSPS) is 11.3. The number of nitrogen functional groups attached to an aromatic ring is 1. The minimum Gasteiger partial charge on any atom is -0.399 e. The van der Waals surface area contributed by atoms with Gasteiger partial charge in [-0.05, 0) is 34.1 Å². The monoisotopic (exact) mass is 349 g/mol. The fourth-order valence-electron chi connectivity index (χ4n) is 1.33. The molecule has 1 aromatic rings. The number of rotatable bonds is 5. The van der Waals surface area contributed by atoms with Crippen LogP contribution in [0.3, 0.4) is 0 Å². The van der Waals surface area contributed by atoms with E-state index in [1.165, 1.54) is 23.1 Å². The molecule has 0 atom stereocenters. The van der Waals surface area contributed by atoms with Crippen LogP contribution < -0.4 is 10.5 Å². The zero-order valence-corrected chi connectivity index (χ0v) is 13.1. The first-order chi connectivity index (χ1) is 8.74. The molecule has 0 radical (unpaired) electrons. The molecule has 0 aliphatic heterocycles. The van der Waals surface area contributed by atoms with E-state index in [1.54, 1.807) is 14.1 Å². The first kappa shape index (κ1) is 15.9. The predicted molar refractivity (Wildman–Crippen MR) is 77.1 cm³/mol. The number of benzene rings is 1. The molecular formula is C11H16BrN3O3S. The van der Waals surface area contributed by atoms with Crippen molar-refractivity contribution in [2.24, 2.45) is 0 Å². The lowest BCUT2D eigenvalue weighted by Gasteiger charge is -2.11. The zero-order chi connectivity index (χ0) is 14.6. The van der Waals surface area contributed by atoms with E-state index in [0.29, 0.717) is 10.2 Å². The van der Waals surface area contributed by atoms with Gasteiger partial charge in [-0.3, -0.25) is 4.79 Å². The molecule has 1 rings (SSSR count). The summed E-state index contributed by atoms with van der Waals surface area (Å²) in [5.41, 5.74) is 6.01. The Kier molecular flexibility index (Phi) is 5.33. The summed E-state index contributed by atoms with van der Waals surface area (Å²) in [7, 11) is -0.415. The number of sulfonamides is 1. The Morgan fingerprint density at radius 2 is 2.05 bits per heavy atom. The number of carbonyl (C=O) groups is 1. The maximum absolute atomic E-state index is 12.0. The molecular weight excluding hydrogens is 334 g/mol. The second-order valence-corrected chi connectivity index (χ2v) is 6.72. The molecule has 0 saturated carbocycles. The van der Waals surface area contributed by atoms with Gasteiger partial charge in [-0.2, -0.15) is 0 Å². The Hall–Kier alpha value is -1.12. The highest BCUT2D eigenvalue weighted by Gasteiger charge is 2.17. The molecule has 106 valence electrons. The first-order valence-corrected chi connectivity index (χ1v) is 7.76. The Morgan fingerprint density at radius 3 is 2.58 bits per heavy atom. The highest BCUT2D eigenvalue weighted by Crippen LogP contribution is 2.23. The van der Waals surface area contributed by atoms with Crippen LogP contribution in [0.2, 0.25) is 0 Å². The molecule has 0 aliphatic rings. The van der Waals surface area contributed by atoms with Crippen LogP contribution in [0.4, 0.5) is 5.69 Å². The Labute approximate surface area is 121 Å². The standard InChI is InChI=1S/C11H16BrN3O3S/c1-15(2)11(16)5-6-14-19(17,18)10-4-3-8(13)7-9(10)12/h3-4,7,14H,5-6,13H2,1-2H3. The van der Waals surface area contributed by atoms with E-state index in [0.717, 1.165) is 0 Å². The molecule has 0 spiro atoms. The van der Waals surface area contributed by atoms with Crippen molar-refractivity contribution in [1.29, 1.82) is 0 Å². The van der Waals surface area contributed by atoms with E-state index >= 15 is 0 Å². The van der Waals surface area contributed by atoms with Crippen molar-refractivity contribution in [2.45, 2.75) is 11.3 Å². The second kappa shape index (κ2) is 6.36. The van der Waals surface area contributed by atoms with E-state index in [4.69, 9.17) is 5.73 Å². The van der Waals surface area contributed by atoms with Crippen molar-refractivity contribution in [3.8, 4) is 0 Å². The lowest BCUT2D eigenvalue weighted by molar-refractivity contribution is -0.128. The van der Waals surface area contributed by atoms with Gasteiger partial charge < -0.3 is 10.6 Å². The summed E-state index contributed by atoms with van der Waals surface area (Å²) in [4.78, 5) is 12.8. The van der Waals surface area contributed by atoms with Crippen molar-refractivity contribution in [3.05, 3.63) is 22.7 Å². The molecule has 0 bridgehead atoms. The highest BCUT2D eigenvalue weighted by molar-refractivity contribution is 9.10. The quantitative estimate of drug-likeness (QED) is 0.768. The van der Waals surface area contributed by atoms with Crippen molar-refractivity contribution < 1.29 is 13.2 Å². The molecule has 0 heterocycles. The number of hydrogen-bond donors (Lipinski definition) is 2. The van der Waals surface area contributed by atoms with Crippen LogP contribution in [0.25, 0.3) is 0 Å². The number of hydrogen-bond acceptors (Lipinski definition) is 4. The summed E-state index contributed by atoms with van der Waals surface area (Å²) >= 11 is 3.15. The van der Waals surface area contributed by atoms with Crippen LogP contribution in [0, 0.1) is 0 Å². The van der Waals surface area contributed by atoms with Gasteiger partial charge >= 0.3 is 0 Å². The van der Waals surface area contributed by atoms with E-state index in [9.17, 15) is 13.2 Å². The van der Waals surface area contributed by atoms with Crippen molar-refractivity contribution in [3.63, 3.8) is 0 Å². The number of carbonyl (C=O) groups excluding carboxylic acids is 1. The average Bonchev–Trinajstić information content (AvgIpc) is 2.27. The van der Waals surface area contributed by atoms with Gasteiger partial charge in [-0.25, -0.2) is 13.1 Å². The molecule has 0 unspecified atom stereocenters. The molecule has 1 amide bonds. The van der Waals surface area contributed by atoms with Crippen molar-refractivity contribution in [2.75, 3.05) is 26.4 Å². The summed E-state index contributed by atoms with van der Waals surface area (Å²) in [6.45, 7) is 0.0517. The Morgan fingerprint density at radius 1 is 1.42 bits per heavy atom. The molecule has 0 saturated heterocycles. The number of halogens is 1. The van der Waals surface area contributed by atoms with Crippen LogP contribution in [-0.4, -0.2) is 39.9 Å². The fraction of sp³-hybridized carbons (Fsp3) is 0.364. The van der Waals surface area contributed by atoms with Crippen LogP contribution in [0.15, 0.2) is 27.6 Å². The van der Waals surface area contributed by atoms with Crippen molar-refractivity contribution >= 4 is 37.5 Å². The SMILES string of the molecule is CN(C)C(=O)CCNS(=O)(=O)c1ccc(N)cc1Br. The van der Waals surface area contributed by atoms with Gasteiger partial charge in [0.25, 0.3) is 0 Å². The summed E-state index contributed by atoms with van der Waals surface area (Å²) in [6, 6.07) is 4.43. The molecule has 8 heteroatoms. The van der Waals surface area contributed by atoms with E-state index in [2.05, 4.69) is 20.7 Å². The third-order valence-corrected chi connectivity index (χ3v) is 4.81.